The number of nitro benzene ring substituents is 1. The molecule has 8 heteroatoms. The van der Waals surface area contributed by atoms with E-state index in [1.807, 2.05) is 18.2 Å². The number of anilines is 1. The van der Waals surface area contributed by atoms with Gasteiger partial charge in [0.25, 0.3) is 11.6 Å². The molecule has 1 aliphatic rings. The number of benzene rings is 1. The van der Waals surface area contributed by atoms with Crippen molar-refractivity contribution >= 4 is 11.5 Å². The monoisotopic (exact) mass is 337 g/mol. The Kier molecular flexibility index (Phi) is 3.64. The number of pyridine rings is 1. The number of rotatable bonds is 3. The second-order valence-electron chi connectivity index (χ2n) is 5.93. The zero-order valence-electron chi connectivity index (χ0n) is 13.5. The van der Waals surface area contributed by atoms with Gasteiger partial charge in [0, 0.05) is 37.0 Å². The molecule has 25 heavy (non-hydrogen) atoms. The predicted octanol–water partition coefficient (Wildman–Crippen LogP) is 2.91. The Balaban J connectivity index is 1.63. The van der Waals surface area contributed by atoms with Crippen LogP contribution in [-0.2, 0) is 13.0 Å². The summed E-state index contributed by atoms with van der Waals surface area (Å²) in [5, 5.41) is 14.8. The molecule has 3 heterocycles. The van der Waals surface area contributed by atoms with E-state index in [2.05, 4.69) is 20.0 Å². The van der Waals surface area contributed by atoms with Gasteiger partial charge in [-0.3, -0.25) is 10.1 Å². The fraction of sp³-hybridized carbons (Fsp3) is 0.235. The normalized spacial score (nSPS) is 13.6. The van der Waals surface area contributed by atoms with E-state index in [1.165, 1.54) is 0 Å². The molecule has 2 aromatic heterocycles. The molecular weight excluding hydrogens is 322 g/mol. The van der Waals surface area contributed by atoms with Crippen LogP contribution in [0, 0.1) is 17.0 Å². The highest BCUT2D eigenvalue weighted by molar-refractivity contribution is 5.59. The van der Waals surface area contributed by atoms with Crippen molar-refractivity contribution in [3.63, 3.8) is 0 Å². The molecule has 0 unspecified atom stereocenters. The molecule has 0 N–H and O–H groups in total. The molecule has 0 radical (unpaired) electrons. The lowest BCUT2D eigenvalue weighted by atomic mass is 9.99. The summed E-state index contributed by atoms with van der Waals surface area (Å²) in [5.74, 6) is 1.81. The summed E-state index contributed by atoms with van der Waals surface area (Å²) in [5.41, 5.74) is 3.02. The van der Waals surface area contributed by atoms with Crippen LogP contribution in [0.5, 0.6) is 0 Å². The van der Waals surface area contributed by atoms with Crippen LogP contribution in [-0.4, -0.2) is 26.6 Å². The van der Waals surface area contributed by atoms with E-state index in [-0.39, 0.29) is 10.6 Å². The van der Waals surface area contributed by atoms with Crippen LogP contribution in [0.1, 0.15) is 17.0 Å². The average molecular weight is 337 g/mol. The van der Waals surface area contributed by atoms with Crippen molar-refractivity contribution in [1.82, 2.24) is 15.1 Å². The van der Waals surface area contributed by atoms with Gasteiger partial charge in [0.2, 0.25) is 0 Å². The molecule has 8 nitrogen and oxygen atoms in total. The predicted molar refractivity (Wildman–Crippen MR) is 90.1 cm³/mol. The van der Waals surface area contributed by atoms with Gasteiger partial charge in [-0.15, -0.1) is 0 Å². The fourth-order valence-electron chi connectivity index (χ4n) is 2.99. The van der Waals surface area contributed by atoms with E-state index in [0.717, 1.165) is 35.5 Å². The van der Waals surface area contributed by atoms with Crippen LogP contribution < -0.4 is 4.90 Å². The van der Waals surface area contributed by atoms with Gasteiger partial charge in [-0.1, -0.05) is 11.2 Å². The zero-order chi connectivity index (χ0) is 17.4. The van der Waals surface area contributed by atoms with Crippen molar-refractivity contribution < 1.29 is 9.45 Å². The zero-order valence-corrected chi connectivity index (χ0v) is 13.5. The Morgan fingerprint density at radius 2 is 2.12 bits per heavy atom. The van der Waals surface area contributed by atoms with Crippen LogP contribution >= 0.6 is 0 Å². The van der Waals surface area contributed by atoms with Crippen molar-refractivity contribution in [3.8, 4) is 11.5 Å². The van der Waals surface area contributed by atoms with Crippen molar-refractivity contribution in [1.29, 1.82) is 0 Å². The van der Waals surface area contributed by atoms with Gasteiger partial charge < -0.3 is 9.42 Å². The Hall–Kier alpha value is -3.29. The largest absolute Gasteiger partial charge is 0.352 e. The Labute approximate surface area is 143 Å². The molecular formula is C17H15N5O3. The molecule has 126 valence electrons. The van der Waals surface area contributed by atoms with Crippen molar-refractivity contribution in [2.75, 3.05) is 11.4 Å². The van der Waals surface area contributed by atoms with E-state index in [9.17, 15) is 10.1 Å². The van der Waals surface area contributed by atoms with Crippen molar-refractivity contribution in [2.24, 2.45) is 0 Å². The maximum atomic E-state index is 11.0. The highest BCUT2D eigenvalue weighted by Gasteiger charge is 2.20. The molecule has 1 aromatic carbocycles. The van der Waals surface area contributed by atoms with Gasteiger partial charge in [-0.05, 0) is 36.6 Å². The third-order valence-electron chi connectivity index (χ3n) is 4.26. The number of non-ortho nitro benzene ring substituents is 1. The minimum Gasteiger partial charge on any atom is -0.352 e. The molecule has 0 spiro atoms. The number of aromatic nitrogens is 3. The number of fused-ring (bicyclic) bond motifs is 1. The smallest absolute Gasteiger partial charge is 0.269 e. The first-order chi connectivity index (χ1) is 12.1. The first-order valence-corrected chi connectivity index (χ1v) is 7.88. The third-order valence-corrected chi connectivity index (χ3v) is 4.26. The number of nitro groups is 1. The lowest BCUT2D eigenvalue weighted by Gasteiger charge is -2.29. The first kappa shape index (κ1) is 15.3. The van der Waals surface area contributed by atoms with Gasteiger partial charge in [0.15, 0.2) is 5.82 Å². The van der Waals surface area contributed by atoms with Gasteiger partial charge in [-0.25, -0.2) is 4.98 Å². The van der Waals surface area contributed by atoms with Crippen LogP contribution in [0.3, 0.4) is 0 Å². The van der Waals surface area contributed by atoms with Gasteiger partial charge in [0.05, 0.1) is 4.92 Å². The SMILES string of the molecule is Cc1noc(-c2ccnc(N3CCc4ccc([N+](=O)[O-])cc4C3)c2)n1. The molecule has 0 fully saturated rings. The lowest BCUT2D eigenvalue weighted by Crippen LogP contribution is -2.31. The molecule has 0 bridgehead atoms. The Morgan fingerprint density at radius 1 is 1.24 bits per heavy atom. The fourth-order valence-corrected chi connectivity index (χ4v) is 2.99. The number of hydrogen-bond acceptors (Lipinski definition) is 7. The molecule has 0 atom stereocenters. The van der Waals surface area contributed by atoms with E-state index in [4.69, 9.17) is 4.52 Å². The highest BCUT2D eigenvalue weighted by atomic mass is 16.6. The molecule has 4 rings (SSSR count). The summed E-state index contributed by atoms with van der Waals surface area (Å²) in [6.07, 6.45) is 2.52. The minimum absolute atomic E-state index is 0.114. The standard InChI is InChI=1S/C17H15N5O3/c1-11-19-17(25-20-11)13-4-6-18-16(9-13)21-7-5-12-2-3-15(22(23)24)8-14(12)10-21/h2-4,6,8-9H,5,7,10H2,1H3. The molecule has 1 aliphatic heterocycles. The summed E-state index contributed by atoms with van der Waals surface area (Å²) in [7, 11) is 0. The summed E-state index contributed by atoms with van der Waals surface area (Å²) >= 11 is 0. The van der Waals surface area contributed by atoms with E-state index in [0.29, 0.717) is 18.3 Å². The first-order valence-electron chi connectivity index (χ1n) is 7.88. The van der Waals surface area contributed by atoms with Crippen LogP contribution in [0.2, 0.25) is 0 Å². The van der Waals surface area contributed by atoms with Gasteiger partial charge in [-0.2, -0.15) is 4.98 Å². The van der Waals surface area contributed by atoms with Crippen LogP contribution in [0.4, 0.5) is 11.5 Å². The molecule has 0 amide bonds. The second kappa shape index (κ2) is 5.97. The van der Waals surface area contributed by atoms with Gasteiger partial charge in [0.1, 0.15) is 5.82 Å². The van der Waals surface area contributed by atoms with Crippen molar-refractivity contribution in [3.05, 3.63) is 63.6 Å². The van der Waals surface area contributed by atoms with E-state index >= 15 is 0 Å². The van der Waals surface area contributed by atoms with E-state index in [1.54, 1.807) is 25.3 Å². The highest BCUT2D eigenvalue weighted by Crippen LogP contribution is 2.28. The van der Waals surface area contributed by atoms with Crippen molar-refractivity contribution in [2.45, 2.75) is 19.9 Å². The summed E-state index contributed by atoms with van der Waals surface area (Å²) in [6.45, 7) is 3.14. The third kappa shape index (κ3) is 2.93. The molecule has 0 saturated heterocycles. The number of nitrogens with zero attached hydrogens (tertiary/aromatic N) is 5. The second-order valence-corrected chi connectivity index (χ2v) is 5.93. The quantitative estimate of drug-likeness (QED) is 0.535. The Morgan fingerprint density at radius 3 is 2.88 bits per heavy atom. The van der Waals surface area contributed by atoms with E-state index < -0.39 is 0 Å². The maximum Gasteiger partial charge on any atom is 0.269 e. The molecule has 3 aromatic rings. The minimum atomic E-state index is -0.365. The summed E-state index contributed by atoms with van der Waals surface area (Å²) in [4.78, 5) is 21.4. The maximum absolute atomic E-state index is 11.0. The topological polar surface area (TPSA) is 98.2 Å². The summed E-state index contributed by atoms with van der Waals surface area (Å²) in [6, 6.07) is 8.77. The molecule has 0 aliphatic carbocycles. The average Bonchev–Trinajstić information content (AvgIpc) is 3.07. The van der Waals surface area contributed by atoms with Crippen LogP contribution in [0.25, 0.3) is 11.5 Å². The number of aryl methyl sites for hydroxylation is 1. The Bertz CT molecular complexity index is 953. The molecule has 0 saturated carbocycles. The van der Waals surface area contributed by atoms with Gasteiger partial charge >= 0.3 is 0 Å². The number of hydrogen-bond donors (Lipinski definition) is 0. The lowest BCUT2D eigenvalue weighted by molar-refractivity contribution is -0.384. The van der Waals surface area contributed by atoms with Crippen LogP contribution in [0.15, 0.2) is 41.1 Å². The summed E-state index contributed by atoms with van der Waals surface area (Å²) < 4.78 is 5.21.